The van der Waals surface area contributed by atoms with Gasteiger partial charge in [-0.1, -0.05) is 29.5 Å². The molecule has 0 N–H and O–H groups in total. The van der Waals surface area contributed by atoms with Gasteiger partial charge in [0.25, 0.3) is 5.56 Å². The van der Waals surface area contributed by atoms with E-state index in [1.54, 1.807) is 37.3 Å². The summed E-state index contributed by atoms with van der Waals surface area (Å²) in [5.74, 6) is -0.867. The fourth-order valence-corrected chi connectivity index (χ4v) is 5.74. The number of allylic oxidation sites excluding steroid dienone is 1. The number of esters is 2. The predicted octanol–water partition coefficient (Wildman–Crippen LogP) is 3.30. The Morgan fingerprint density at radius 2 is 1.92 bits per heavy atom. The SMILES string of the molecule is COCCOC(=O)C1=C(C)N=c2sc(=Cc3cccs3)c(=O)n2C1c1ccc(OC(=O)c2ccco2)cc1. The van der Waals surface area contributed by atoms with Crippen LogP contribution in [-0.4, -0.2) is 36.8 Å². The molecule has 0 fully saturated rings. The molecule has 11 heteroatoms. The topological polar surface area (TPSA) is 109 Å². The van der Waals surface area contributed by atoms with E-state index in [9.17, 15) is 14.4 Å². The van der Waals surface area contributed by atoms with E-state index in [2.05, 4.69) is 4.99 Å². The number of furan rings is 1. The van der Waals surface area contributed by atoms with Crippen LogP contribution in [0.5, 0.6) is 5.75 Å². The summed E-state index contributed by atoms with van der Waals surface area (Å²) < 4.78 is 22.9. The predicted molar refractivity (Wildman–Crippen MR) is 141 cm³/mol. The van der Waals surface area contributed by atoms with Crippen molar-refractivity contribution >= 4 is 40.7 Å². The van der Waals surface area contributed by atoms with Crippen molar-refractivity contribution in [1.82, 2.24) is 4.57 Å². The van der Waals surface area contributed by atoms with Crippen LogP contribution in [0, 0.1) is 0 Å². The van der Waals surface area contributed by atoms with Crippen LogP contribution >= 0.6 is 22.7 Å². The second kappa shape index (κ2) is 11.1. The van der Waals surface area contributed by atoms with Gasteiger partial charge in [-0.25, -0.2) is 14.6 Å². The molecule has 1 atom stereocenters. The highest BCUT2D eigenvalue weighted by Gasteiger charge is 2.33. The van der Waals surface area contributed by atoms with E-state index < -0.39 is 18.0 Å². The molecular weight excluding hydrogens is 528 g/mol. The van der Waals surface area contributed by atoms with Gasteiger partial charge >= 0.3 is 11.9 Å². The average molecular weight is 551 g/mol. The van der Waals surface area contributed by atoms with Crippen LogP contribution in [0.4, 0.5) is 0 Å². The van der Waals surface area contributed by atoms with Crippen LogP contribution in [0.3, 0.4) is 0 Å². The number of nitrogens with zero attached hydrogens (tertiary/aromatic N) is 2. The number of fused-ring (bicyclic) bond motifs is 1. The van der Waals surface area contributed by atoms with Gasteiger partial charge in [-0.2, -0.15) is 0 Å². The molecule has 1 unspecified atom stereocenters. The highest BCUT2D eigenvalue weighted by Crippen LogP contribution is 2.31. The van der Waals surface area contributed by atoms with Gasteiger partial charge in [-0.15, -0.1) is 11.3 Å². The minimum atomic E-state index is -0.790. The smallest absolute Gasteiger partial charge is 0.379 e. The maximum absolute atomic E-state index is 13.6. The monoisotopic (exact) mass is 550 g/mol. The third-order valence-corrected chi connectivity index (χ3v) is 7.51. The molecule has 4 aromatic rings. The van der Waals surface area contributed by atoms with Crippen LogP contribution in [0.25, 0.3) is 6.08 Å². The summed E-state index contributed by atoms with van der Waals surface area (Å²) in [6.45, 7) is 2.01. The van der Waals surface area contributed by atoms with Gasteiger partial charge in [0.15, 0.2) is 4.80 Å². The minimum Gasteiger partial charge on any atom is -0.460 e. The van der Waals surface area contributed by atoms with Crippen LogP contribution < -0.4 is 19.6 Å². The van der Waals surface area contributed by atoms with Gasteiger partial charge < -0.3 is 18.6 Å². The van der Waals surface area contributed by atoms with Crippen molar-refractivity contribution in [3.8, 4) is 5.75 Å². The molecule has 1 aliphatic heterocycles. The Labute approximate surface area is 224 Å². The van der Waals surface area contributed by atoms with Crippen LogP contribution in [0.1, 0.15) is 34.0 Å². The average Bonchev–Trinajstić information content (AvgIpc) is 3.67. The van der Waals surface area contributed by atoms with Crippen LogP contribution in [0.2, 0.25) is 0 Å². The molecule has 0 saturated heterocycles. The first-order chi connectivity index (χ1) is 18.5. The van der Waals surface area contributed by atoms with Gasteiger partial charge in [-0.3, -0.25) is 9.36 Å². The molecule has 1 aliphatic rings. The number of benzene rings is 1. The highest BCUT2D eigenvalue weighted by atomic mass is 32.1. The molecule has 0 spiro atoms. The van der Waals surface area contributed by atoms with E-state index in [-0.39, 0.29) is 35.9 Å². The summed E-state index contributed by atoms with van der Waals surface area (Å²) in [6, 6.07) is 12.7. The normalized spacial score (nSPS) is 15.2. The van der Waals surface area contributed by atoms with E-state index in [0.29, 0.717) is 20.6 Å². The zero-order chi connectivity index (χ0) is 26.6. The molecule has 38 heavy (non-hydrogen) atoms. The molecule has 0 bridgehead atoms. The number of thiophene rings is 1. The van der Waals surface area contributed by atoms with E-state index in [4.69, 9.17) is 18.6 Å². The van der Waals surface area contributed by atoms with E-state index in [1.165, 1.54) is 46.7 Å². The molecule has 1 aromatic carbocycles. The van der Waals surface area contributed by atoms with Gasteiger partial charge in [0.05, 0.1) is 34.7 Å². The molecule has 0 amide bonds. The molecule has 0 saturated carbocycles. The molecule has 4 heterocycles. The maximum Gasteiger partial charge on any atom is 0.379 e. The number of hydrogen-bond donors (Lipinski definition) is 0. The third kappa shape index (κ3) is 5.17. The van der Waals surface area contributed by atoms with E-state index >= 15 is 0 Å². The Morgan fingerprint density at radius 1 is 1.11 bits per heavy atom. The number of carbonyl (C=O) groups excluding carboxylic acids is 2. The van der Waals surface area contributed by atoms with Crippen molar-refractivity contribution in [1.29, 1.82) is 0 Å². The first-order valence-electron chi connectivity index (χ1n) is 11.5. The summed E-state index contributed by atoms with van der Waals surface area (Å²) in [7, 11) is 1.51. The number of thiazole rings is 1. The van der Waals surface area contributed by atoms with Gasteiger partial charge in [0, 0.05) is 12.0 Å². The summed E-state index contributed by atoms with van der Waals surface area (Å²) in [5, 5.41) is 1.93. The maximum atomic E-state index is 13.6. The van der Waals surface area contributed by atoms with Crippen LogP contribution in [0.15, 0.2) is 85.6 Å². The summed E-state index contributed by atoms with van der Waals surface area (Å²) in [6.07, 6.45) is 3.20. The molecule has 9 nitrogen and oxygen atoms in total. The van der Waals surface area contributed by atoms with Crippen molar-refractivity contribution in [2.45, 2.75) is 13.0 Å². The third-order valence-electron chi connectivity index (χ3n) is 5.71. The molecule has 0 radical (unpaired) electrons. The number of methoxy groups -OCH3 is 1. The number of hydrogen-bond acceptors (Lipinski definition) is 10. The van der Waals surface area contributed by atoms with Gasteiger partial charge in [0.2, 0.25) is 5.76 Å². The van der Waals surface area contributed by atoms with Gasteiger partial charge in [0.1, 0.15) is 12.4 Å². The lowest BCUT2D eigenvalue weighted by Crippen LogP contribution is -2.40. The summed E-state index contributed by atoms with van der Waals surface area (Å²) in [5.41, 5.74) is 1.06. The lowest BCUT2D eigenvalue weighted by Gasteiger charge is -2.25. The first kappa shape index (κ1) is 25.6. The largest absolute Gasteiger partial charge is 0.460 e. The van der Waals surface area contributed by atoms with Gasteiger partial charge in [-0.05, 0) is 54.3 Å². The highest BCUT2D eigenvalue weighted by molar-refractivity contribution is 7.11. The summed E-state index contributed by atoms with van der Waals surface area (Å²) in [4.78, 5) is 45.1. The molecule has 5 rings (SSSR count). The molecule has 0 aliphatic carbocycles. The second-order valence-electron chi connectivity index (χ2n) is 8.16. The van der Waals surface area contributed by atoms with Crippen molar-refractivity contribution in [3.05, 3.63) is 107 Å². The van der Waals surface area contributed by atoms with Crippen molar-refractivity contribution < 1.29 is 28.2 Å². The second-order valence-corrected chi connectivity index (χ2v) is 10.2. The quantitative estimate of drug-likeness (QED) is 0.188. The number of aromatic nitrogens is 1. The zero-order valence-corrected chi connectivity index (χ0v) is 22.0. The Kier molecular flexibility index (Phi) is 7.50. The van der Waals surface area contributed by atoms with Crippen molar-refractivity contribution in [2.75, 3.05) is 20.3 Å². The van der Waals surface area contributed by atoms with Crippen molar-refractivity contribution in [2.24, 2.45) is 4.99 Å². The standard InChI is InChI=1S/C27H22N2O7S2/c1-16-22(26(32)35-13-12-33-2)23(17-7-9-18(10-8-17)36-25(31)20-6-3-11-34-20)29-24(30)21(38-27(29)28-16)15-19-5-4-14-37-19/h3-11,14-15,23H,12-13H2,1-2H3. The fourth-order valence-electron chi connectivity index (χ4n) is 3.97. The minimum absolute atomic E-state index is 0.0588. The Morgan fingerprint density at radius 3 is 2.61 bits per heavy atom. The van der Waals surface area contributed by atoms with E-state index in [1.807, 2.05) is 23.6 Å². The first-order valence-corrected chi connectivity index (χ1v) is 13.2. The number of rotatable bonds is 8. The van der Waals surface area contributed by atoms with Crippen LogP contribution in [-0.2, 0) is 14.3 Å². The molecular formula is C27H22N2O7S2. The molecule has 3 aromatic heterocycles. The Bertz CT molecular complexity index is 1660. The molecule has 194 valence electrons. The fraction of sp³-hybridized carbons (Fsp3) is 0.185. The number of ether oxygens (including phenoxy) is 3. The summed E-state index contributed by atoms with van der Waals surface area (Å²) >= 11 is 2.78. The lowest BCUT2D eigenvalue weighted by molar-refractivity contribution is -0.140. The lowest BCUT2D eigenvalue weighted by atomic mass is 9.96. The number of carbonyl (C=O) groups is 2. The van der Waals surface area contributed by atoms with Crippen molar-refractivity contribution in [3.63, 3.8) is 0 Å². The zero-order valence-electron chi connectivity index (χ0n) is 20.4. The van der Waals surface area contributed by atoms with E-state index in [0.717, 1.165) is 4.88 Å². The Hall–Kier alpha value is -4.06. The Balaban J connectivity index is 1.56.